The van der Waals surface area contributed by atoms with Gasteiger partial charge in [-0.05, 0) is 55.3 Å². The van der Waals surface area contributed by atoms with Gasteiger partial charge in [-0.25, -0.2) is 0 Å². The Bertz CT molecular complexity index is 868. The number of benzene rings is 2. The van der Waals surface area contributed by atoms with Crippen LogP contribution >= 0.6 is 11.6 Å². The fourth-order valence-electron chi connectivity index (χ4n) is 2.29. The lowest BCUT2D eigenvalue weighted by atomic mass is 10.1. The molecule has 0 spiro atoms. The zero-order valence-electron chi connectivity index (χ0n) is 15.5. The van der Waals surface area contributed by atoms with Crippen LogP contribution in [0.4, 0.5) is 0 Å². The smallest absolute Gasteiger partial charge is 0.262 e. The molecule has 0 saturated carbocycles. The summed E-state index contributed by atoms with van der Waals surface area (Å²) in [5.74, 6) is 0.670. The highest BCUT2D eigenvalue weighted by atomic mass is 35.5. The molecule has 0 aliphatic heterocycles. The van der Waals surface area contributed by atoms with Gasteiger partial charge in [-0.15, -0.1) is 0 Å². The number of halogens is 1. The Labute approximate surface area is 164 Å². The predicted octanol–water partition coefficient (Wildman–Crippen LogP) is 4.36. The molecule has 6 heteroatoms. The number of hydrogen-bond acceptors (Lipinski definition) is 4. The molecular formula is C21H21ClN2O3. The number of rotatable bonds is 7. The maximum Gasteiger partial charge on any atom is 0.262 e. The number of hydrogen-bond donors (Lipinski definition) is 1. The third kappa shape index (κ3) is 6.05. The number of ether oxygens (including phenoxy) is 2. The quantitative estimate of drug-likeness (QED) is 0.568. The minimum absolute atomic E-state index is 0.0283. The first-order chi connectivity index (χ1) is 12.9. The van der Waals surface area contributed by atoms with Gasteiger partial charge in [-0.3, -0.25) is 4.79 Å². The zero-order valence-corrected chi connectivity index (χ0v) is 16.2. The van der Waals surface area contributed by atoms with E-state index in [1.54, 1.807) is 30.3 Å². The van der Waals surface area contributed by atoms with Crippen molar-refractivity contribution in [1.29, 1.82) is 5.26 Å². The maximum atomic E-state index is 12.0. The standard InChI is InChI=1S/C21H21ClN2O3/c1-14(2)24-21(25)17(12-23)10-16-6-9-19(20(11-16)26-3)27-13-15-4-7-18(22)8-5-15/h4-11,14H,13H2,1-3H3,(H,24,25). The van der Waals surface area contributed by atoms with E-state index in [2.05, 4.69) is 5.32 Å². The summed E-state index contributed by atoms with van der Waals surface area (Å²) < 4.78 is 11.2. The number of nitrogens with zero attached hydrogens (tertiary/aromatic N) is 1. The van der Waals surface area contributed by atoms with Gasteiger partial charge in [0, 0.05) is 11.1 Å². The summed E-state index contributed by atoms with van der Waals surface area (Å²) in [4.78, 5) is 12.0. The lowest BCUT2D eigenvalue weighted by Gasteiger charge is -2.12. The SMILES string of the molecule is COc1cc(C=C(C#N)C(=O)NC(C)C)ccc1OCc1ccc(Cl)cc1. The van der Waals surface area contributed by atoms with Crippen molar-refractivity contribution in [2.24, 2.45) is 0 Å². The average molecular weight is 385 g/mol. The van der Waals surface area contributed by atoms with Gasteiger partial charge < -0.3 is 14.8 Å². The number of methoxy groups -OCH3 is 1. The third-order valence-corrected chi connectivity index (χ3v) is 3.84. The van der Waals surface area contributed by atoms with Crippen LogP contribution in [0.1, 0.15) is 25.0 Å². The molecule has 2 aromatic rings. The van der Waals surface area contributed by atoms with Crippen molar-refractivity contribution in [2.45, 2.75) is 26.5 Å². The van der Waals surface area contributed by atoms with Crippen molar-refractivity contribution < 1.29 is 14.3 Å². The molecule has 0 aliphatic rings. The first kappa shape index (κ1) is 20.3. The van der Waals surface area contributed by atoms with Crippen LogP contribution < -0.4 is 14.8 Å². The fourth-order valence-corrected chi connectivity index (χ4v) is 2.42. The van der Waals surface area contributed by atoms with E-state index >= 15 is 0 Å². The zero-order chi connectivity index (χ0) is 19.8. The topological polar surface area (TPSA) is 71.3 Å². The fraction of sp³-hybridized carbons (Fsp3) is 0.238. The van der Waals surface area contributed by atoms with Crippen molar-refractivity contribution in [3.8, 4) is 17.6 Å². The second-order valence-corrected chi connectivity index (χ2v) is 6.56. The minimum atomic E-state index is -0.408. The Balaban J connectivity index is 2.17. The second kappa shape index (κ2) is 9.65. The Morgan fingerprint density at radius 1 is 1.22 bits per heavy atom. The Morgan fingerprint density at radius 3 is 2.52 bits per heavy atom. The van der Waals surface area contributed by atoms with Crippen LogP contribution in [0.15, 0.2) is 48.0 Å². The molecule has 0 atom stereocenters. The molecule has 5 nitrogen and oxygen atoms in total. The molecule has 0 saturated heterocycles. The van der Waals surface area contributed by atoms with Gasteiger partial charge in [-0.1, -0.05) is 29.8 Å². The molecule has 0 bridgehead atoms. The molecule has 0 aromatic heterocycles. The summed E-state index contributed by atoms with van der Waals surface area (Å²) in [6, 6.07) is 14.5. The van der Waals surface area contributed by atoms with E-state index in [0.29, 0.717) is 28.7 Å². The summed E-state index contributed by atoms with van der Waals surface area (Å²) in [5, 5.41) is 12.6. The minimum Gasteiger partial charge on any atom is -0.493 e. The van der Waals surface area contributed by atoms with E-state index in [4.69, 9.17) is 21.1 Å². The molecule has 1 amide bonds. The lowest BCUT2D eigenvalue weighted by molar-refractivity contribution is -0.117. The highest BCUT2D eigenvalue weighted by Crippen LogP contribution is 2.29. The average Bonchev–Trinajstić information content (AvgIpc) is 2.65. The number of carbonyl (C=O) groups excluding carboxylic acids is 1. The van der Waals surface area contributed by atoms with Crippen LogP contribution in [0, 0.1) is 11.3 Å². The number of nitrogens with one attached hydrogen (secondary N) is 1. The molecule has 0 heterocycles. The molecule has 0 radical (unpaired) electrons. The number of nitriles is 1. The summed E-state index contributed by atoms with van der Waals surface area (Å²) in [5.41, 5.74) is 1.67. The monoisotopic (exact) mass is 384 g/mol. The van der Waals surface area contributed by atoms with Crippen LogP contribution in [-0.4, -0.2) is 19.1 Å². The first-order valence-corrected chi connectivity index (χ1v) is 8.78. The highest BCUT2D eigenvalue weighted by Gasteiger charge is 2.11. The summed E-state index contributed by atoms with van der Waals surface area (Å²) >= 11 is 5.88. The van der Waals surface area contributed by atoms with Gasteiger partial charge >= 0.3 is 0 Å². The van der Waals surface area contributed by atoms with Crippen LogP contribution in [0.5, 0.6) is 11.5 Å². The van der Waals surface area contributed by atoms with E-state index in [-0.39, 0.29) is 11.6 Å². The van der Waals surface area contributed by atoms with Gasteiger partial charge in [0.1, 0.15) is 18.2 Å². The van der Waals surface area contributed by atoms with Crippen molar-refractivity contribution >= 4 is 23.6 Å². The van der Waals surface area contributed by atoms with Crippen molar-refractivity contribution in [2.75, 3.05) is 7.11 Å². The largest absolute Gasteiger partial charge is 0.493 e. The van der Waals surface area contributed by atoms with Crippen LogP contribution in [0.3, 0.4) is 0 Å². The molecule has 140 valence electrons. The molecule has 0 unspecified atom stereocenters. The third-order valence-electron chi connectivity index (χ3n) is 3.59. The molecule has 1 N–H and O–H groups in total. The molecule has 2 aromatic carbocycles. The van der Waals surface area contributed by atoms with Gasteiger partial charge in [0.25, 0.3) is 5.91 Å². The lowest BCUT2D eigenvalue weighted by Crippen LogP contribution is -2.30. The van der Waals surface area contributed by atoms with E-state index < -0.39 is 5.91 Å². The van der Waals surface area contributed by atoms with E-state index in [1.165, 1.54) is 13.2 Å². The summed E-state index contributed by atoms with van der Waals surface area (Å²) in [6.07, 6.45) is 1.52. The molecule has 27 heavy (non-hydrogen) atoms. The first-order valence-electron chi connectivity index (χ1n) is 8.41. The summed E-state index contributed by atoms with van der Waals surface area (Å²) in [7, 11) is 1.54. The molecule has 2 rings (SSSR count). The normalized spacial score (nSPS) is 11.0. The molecule has 0 aliphatic carbocycles. The Kier molecular flexibility index (Phi) is 7.27. The summed E-state index contributed by atoms with van der Waals surface area (Å²) in [6.45, 7) is 4.04. The highest BCUT2D eigenvalue weighted by molar-refractivity contribution is 6.30. The van der Waals surface area contributed by atoms with Crippen LogP contribution in [0.2, 0.25) is 5.02 Å². The van der Waals surface area contributed by atoms with Gasteiger partial charge in [0.05, 0.1) is 7.11 Å². The second-order valence-electron chi connectivity index (χ2n) is 6.12. The van der Waals surface area contributed by atoms with E-state index in [1.807, 2.05) is 32.0 Å². The number of carbonyl (C=O) groups is 1. The van der Waals surface area contributed by atoms with Gasteiger partial charge in [0.2, 0.25) is 0 Å². The molecular weight excluding hydrogens is 364 g/mol. The Hall–Kier alpha value is -2.97. The van der Waals surface area contributed by atoms with E-state index in [0.717, 1.165) is 5.56 Å². The van der Waals surface area contributed by atoms with Crippen molar-refractivity contribution in [1.82, 2.24) is 5.32 Å². The molecule has 0 fully saturated rings. The maximum absolute atomic E-state index is 12.0. The number of amides is 1. The van der Waals surface area contributed by atoms with Crippen LogP contribution in [0.25, 0.3) is 6.08 Å². The van der Waals surface area contributed by atoms with Crippen LogP contribution in [-0.2, 0) is 11.4 Å². The van der Waals surface area contributed by atoms with Gasteiger partial charge in [-0.2, -0.15) is 5.26 Å². The van der Waals surface area contributed by atoms with Gasteiger partial charge in [0.15, 0.2) is 11.5 Å². The van der Waals surface area contributed by atoms with Crippen molar-refractivity contribution in [3.05, 3.63) is 64.2 Å². The van der Waals surface area contributed by atoms with E-state index in [9.17, 15) is 10.1 Å². The predicted molar refractivity (Wildman–Crippen MR) is 106 cm³/mol. The Morgan fingerprint density at radius 2 is 1.93 bits per heavy atom. The van der Waals surface area contributed by atoms with Crippen molar-refractivity contribution in [3.63, 3.8) is 0 Å².